The number of aromatic nitrogens is 4. The first kappa shape index (κ1) is 14.3. The topological polar surface area (TPSA) is 92.9 Å². The molecule has 1 atom stereocenters. The summed E-state index contributed by atoms with van der Waals surface area (Å²) < 4.78 is 1.67. The Morgan fingerprint density at radius 3 is 3.05 bits per heavy atom. The standard InChI is InChI=1S/C11H19N5O2S/c1-2-3-9(10(17)18)19-11-13-14-15-16(11)7-6-12-8-4-5-8/h8-9,12H,2-7H2,1H3,(H,17,18). The first-order chi connectivity index (χ1) is 9.20. The van der Waals surface area contributed by atoms with Crippen molar-refractivity contribution in [3.8, 4) is 0 Å². The Morgan fingerprint density at radius 2 is 2.42 bits per heavy atom. The van der Waals surface area contributed by atoms with E-state index in [-0.39, 0.29) is 0 Å². The van der Waals surface area contributed by atoms with E-state index in [0.717, 1.165) is 13.0 Å². The highest BCUT2D eigenvalue weighted by Crippen LogP contribution is 2.24. The number of nitrogens with one attached hydrogen (secondary N) is 1. The van der Waals surface area contributed by atoms with Gasteiger partial charge in [-0.25, -0.2) is 4.68 Å². The zero-order valence-electron chi connectivity index (χ0n) is 10.9. The van der Waals surface area contributed by atoms with Gasteiger partial charge in [0.15, 0.2) is 0 Å². The molecule has 1 heterocycles. The van der Waals surface area contributed by atoms with Gasteiger partial charge in [0.25, 0.3) is 0 Å². The normalized spacial score (nSPS) is 16.5. The number of hydrogen-bond donors (Lipinski definition) is 2. The summed E-state index contributed by atoms with van der Waals surface area (Å²) in [5.41, 5.74) is 0. The minimum Gasteiger partial charge on any atom is -0.480 e. The van der Waals surface area contributed by atoms with Crippen LogP contribution in [0.3, 0.4) is 0 Å². The van der Waals surface area contributed by atoms with Crippen LogP contribution in [-0.2, 0) is 11.3 Å². The van der Waals surface area contributed by atoms with E-state index in [4.69, 9.17) is 5.11 Å². The number of hydrogen-bond acceptors (Lipinski definition) is 6. The molecule has 1 aliphatic rings. The lowest BCUT2D eigenvalue weighted by Gasteiger charge is -2.10. The average Bonchev–Trinajstić information content (AvgIpc) is 3.09. The molecule has 2 N–H and O–H groups in total. The van der Waals surface area contributed by atoms with Crippen LogP contribution in [0.5, 0.6) is 0 Å². The molecule has 2 rings (SSSR count). The molecule has 0 saturated heterocycles. The van der Waals surface area contributed by atoms with E-state index in [9.17, 15) is 4.79 Å². The highest BCUT2D eigenvalue weighted by Gasteiger charge is 2.22. The van der Waals surface area contributed by atoms with Crippen molar-refractivity contribution in [3.05, 3.63) is 0 Å². The SMILES string of the molecule is CCCC(Sc1nnnn1CCNC1CC1)C(=O)O. The van der Waals surface area contributed by atoms with Gasteiger partial charge in [-0.05, 0) is 29.7 Å². The number of carboxylic acid groups (broad SMARTS) is 1. The molecule has 7 nitrogen and oxygen atoms in total. The molecule has 1 saturated carbocycles. The fraction of sp³-hybridized carbons (Fsp3) is 0.818. The summed E-state index contributed by atoms with van der Waals surface area (Å²) in [6.07, 6.45) is 3.94. The molecule has 1 aliphatic carbocycles. The van der Waals surface area contributed by atoms with Gasteiger partial charge < -0.3 is 10.4 Å². The van der Waals surface area contributed by atoms with Gasteiger partial charge >= 0.3 is 5.97 Å². The minimum absolute atomic E-state index is 0.480. The van der Waals surface area contributed by atoms with Crippen molar-refractivity contribution < 1.29 is 9.90 Å². The first-order valence-corrected chi connectivity index (χ1v) is 7.47. The Morgan fingerprint density at radius 1 is 1.63 bits per heavy atom. The van der Waals surface area contributed by atoms with Gasteiger partial charge in [-0.3, -0.25) is 4.79 Å². The number of thioether (sulfide) groups is 1. The number of aliphatic carboxylic acids is 1. The van der Waals surface area contributed by atoms with Crippen molar-refractivity contribution in [3.63, 3.8) is 0 Å². The third-order valence-electron chi connectivity index (χ3n) is 2.91. The van der Waals surface area contributed by atoms with Gasteiger partial charge in [0.2, 0.25) is 5.16 Å². The van der Waals surface area contributed by atoms with Crippen LogP contribution in [0.1, 0.15) is 32.6 Å². The molecule has 1 aromatic heterocycles. The lowest BCUT2D eigenvalue weighted by molar-refractivity contribution is -0.136. The van der Waals surface area contributed by atoms with Crippen molar-refractivity contribution in [2.24, 2.45) is 0 Å². The average molecular weight is 285 g/mol. The van der Waals surface area contributed by atoms with Gasteiger partial charge in [0, 0.05) is 12.6 Å². The Balaban J connectivity index is 1.87. The summed E-state index contributed by atoms with van der Waals surface area (Å²) in [5.74, 6) is -0.808. The van der Waals surface area contributed by atoms with Crippen LogP contribution >= 0.6 is 11.8 Å². The zero-order chi connectivity index (χ0) is 13.7. The molecule has 0 aromatic carbocycles. The van der Waals surface area contributed by atoms with Gasteiger partial charge in [0.1, 0.15) is 5.25 Å². The van der Waals surface area contributed by atoms with Gasteiger partial charge in [-0.15, -0.1) is 5.10 Å². The minimum atomic E-state index is -0.808. The van der Waals surface area contributed by atoms with Crippen molar-refractivity contribution in [1.29, 1.82) is 0 Å². The number of carbonyl (C=O) groups is 1. The second-order valence-electron chi connectivity index (χ2n) is 4.65. The molecular weight excluding hydrogens is 266 g/mol. The van der Waals surface area contributed by atoms with Gasteiger partial charge in [0.05, 0.1) is 6.54 Å². The molecule has 1 unspecified atom stereocenters. The third kappa shape index (κ3) is 4.46. The Bertz CT molecular complexity index is 421. The van der Waals surface area contributed by atoms with E-state index in [1.54, 1.807) is 4.68 Å². The van der Waals surface area contributed by atoms with E-state index in [1.807, 2.05) is 6.92 Å². The molecule has 8 heteroatoms. The van der Waals surface area contributed by atoms with Crippen LogP contribution in [0, 0.1) is 0 Å². The van der Waals surface area contributed by atoms with Crippen LogP contribution in [-0.4, -0.2) is 49.1 Å². The monoisotopic (exact) mass is 285 g/mol. The summed E-state index contributed by atoms with van der Waals surface area (Å²) in [5, 5.41) is 24.1. The van der Waals surface area contributed by atoms with E-state index in [0.29, 0.717) is 24.2 Å². The van der Waals surface area contributed by atoms with E-state index < -0.39 is 11.2 Å². The Hall–Kier alpha value is -1.15. The molecule has 0 bridgehead atoms. The fourth-order valence-corrected chi connectivity index (χ4v) is 2.75. The maximum Gasteiger partial charge on any atom is 0.317 e. The van der Waals surface area contributed by atoms with Crippen LogP contribution in [0.4, 0.5) is 0 Å². The van der Waals surface area contributed by atoms with Crippen LogP contribution < -0.4 is 5.32 Å². The molecule has 0 aliphatic heterocycles. The molecule has 19 heavy (non-hydrogen) atoms. The van der Waals surface area contributed by atoms with Crippen molar-refractivity contribution in [2.45, 2.75) is 55.6 Å². The smallest absolute Gasteiger partial charge is 0.317 e. The predicted molar refractivity (Wildman–Crippen MR) is 71.0 cm³/mol. The van der Waals surface area contributed by atoms with Crippen molar-refractivity contribution in [2.75, 3.05) is 6.54 Å². The molecule has 106 valence electrons. The summed E-state index contributed by atoms with van der Waals surface area (Å²) in [6, 6.07) is 0.652. The first-order valence-electron chi connectivity index (χ1n) is 6.59. The van der Waals surface area contributed by atoms with Crippen molar-refractivity contribution in [1.82, 2.24) is 25.5 Å². The maximum atomic E-state index is 11.1. The van der Waals surface area contributed by atoms with Gasteiger partial charge in [-0.2, -0.15) is 0 Å². The van der Waals surface area contributed by atoms with Crippen molar-refractivity contribution >= 4 is 17.7 Å². The molecule has 0 radical (unpaired) electrons. The largest absolute Gasteiger partial charge is 0.480 e. The Kier molecular flexibility index (Phi) is 5.15. The summed E-state index contributed by atoms with van der Waals surface area (Å²) >= 11 is 1.23. The lowest BCUT2D eigenvalue weighted by atomic mass is 10.2. The fourth-order valence-electron chi connectivity index (χ4n) is 1.71. The third-order valence-corrected chi connectivity index (χ3v) is 4.13. The maximum absolute atomic E-state index is 11.1. The summed E-state index contributed by atoms with van der Waals surface area (Å²) in [7, 11) is 0. The molecule has 1 fully saturated rings. The van der Waals surface area contributed by atoms with E-state index >= 15 is 0 Å². The molecule has 1 aromatic rings. The molecular formula is C11H19N5O2S. The highest BCUT2D eigenvalue weighted by molar-refractivity contribution is 8.00. The summed E-state index contributed by atoms with van der Waals surface area (Å²) in [6.45, 7) is 3.46. The zero-order valence-corrected chi connectivity index (χ0v) is 11.8. The number of nitrogens with zero attached hydrogens (tertiary/aromatic N) is 4. The van der Waals surface area contributed by atoms with Gasteiger partial charge in [-0.1, -0.05) is 25.1 Å². The van der Waals surface area contributed by atoms with E-state index in [1.165, 1.54) is 24.6 Å². The predicted octanol–water partition coefficient (Wildman–Crippen LogP) is 0.770. The second kappa shape index (κ2) is 6.85. The number of carboxylic acids is 1. The molecule has 0 spiro atoms. The lowest BCUT2D eigenvalue weighted by Crippen LogP contribution is -2.23. The van der Waals surface area contributed by atoms with Crippen LogP contribution in [0.25, 0.3) is 0 Å². The number of tetrazole rings is 1. The van der Waals surface area contributed by atoms with E-state index in [2.05, 4.69) is 20.8 Å². The second-order valence-corrected chi connectivity index (χ2v) is 5.82. The highest BCUT2D eigenvalue weighted by atomic mass is 32.2. The Labute approximate surface area is 116 Å². The quantitative estimate of drug-likeness (QED) is 0.647. The van der Waals surface area contributed by atoms with Crippen LogP contribution in [0.2, 0.25) is 0 Å². The van der Waals surface area contributed by atoms with Crippen LogP contribution in [0.15, 0.2) is 5.16 Å². The number of rotatable bonds is 9. The summed E-state index contributed by atoms with van der Waals surface area (Å²) in [4.78, 5) is 11.1. The molecule has 0 amide bonds.